The van der Waals surface area contributed by atoms with Crippen molar-refractivity contribution in [3.8, 4) is 0 Å². The Labute approximate surface area is 158 Å². The molecule has 1 aromatic rings. The number of nitrogens with zero attached hydrogens (tertiary/aromatic N) is 2. The number of likely N-dealkylation sites (tertiary alicyclic amines) is 2. The first-order valence-electron chi connectivity index (χ1n) is 10.6. The minimum absolute atomic E-state index is 0.0988. The van der Waals surface area contributed by atoms with Crippen LogP contribution < -0.4 is 0 Å². The Kier molecular flexibility index (Phi) is 6.26. The predicted octanol–water partition coefficient (Wildman–Crippen LogP) is 2.97. The summed E-state index contributed by atoms with van der Waals surface area (Å²) in [5.41, 5.74) is 1.54. The molecular weight excluding hydrogens is 324 g/mol. The van der Waals surface area contributed by atoms with Crippen molar-refractivity contribution in [1.82, 2.24) is 9.80 Å². The van der Waals surface area contributed by atoms with E-state index in [-0.39, 0.29) is 5.60 Å². The highest BCUT2D eigenvalue weighted by Crippen LogP contribution is 2.37. The Morgan fingerprint density at radius 1 is 0.962 bits per heavy atom. The number of hydrogen-bond acceptors (Lipinski definition) is 4. The summed E-state index contributed by atoms with van der Waals surface area (Å²) in [6.07, 6.45) is 7.60. The Balaban J connectivity index is 1.14. The van der Waals surface area contributed by atoms with Crippen LogP contribution in [0.25, 0.3) is 0 Å². The molecule has 0 amide bonds. The van der Waals surface area contributed by atoms with Crippen LogP contribution in [0, 0.1) is 0 Å². The smallest absolute Gasteiger partial charge is 0.0836 e. The summed E-state index contributed by atoms with van der Waals surface area (Å²) in [6.45, 7) is 8.76. The average Bonchev–Trinajstić information content (AvgIpc) is 3.33. The van der Waals surface area contributed by atoms with Crippen LogP contribution >= 0.6 is 0 Å². The summed E-state index contributed by atoms with van der Waals surface area (Å²) in [5.74, 6) is 0. The highest BCUT2D eigenvalue weighted by atomic mass is 16.6. The van der Waals surface area contributed by atoms with Crippen LogP contribution in [0.15, 0.2) is 30.3 Å². The molecule has 3 heterocycles. The predicted molar refractivity (Wildman–Crippen MR) is 105 cm³/mol. The zero-order chi connectivity index (χ0) is 17.7. The van der Waals surface area contributed by atoms with E-state index in [9.17, 15) is 0 Å². The Morgan fingerprint density at radius 2 is 1.69 bits per heavy atom. The van der Waals surface area contributed by atoms with Crippen LogP contribution in [0.1, 0.15) is 37.7 Å². The molecule has 0 aromatic heterocycles. The van der Waals surface area contributed by atoms with Gasteiger partial charge in [-0.25, -0.2) is 0 Å². The maximum Gasteiger partial charge on any atom is 0.0836 e. The van der Waals surface area contributed by atoms with Crippen molar-refractivity contribution in [3.63, 3.8) is 0 Å². The molecule has 3 aliphatic rings. The molecule has 4 nitrogen and oxygen atoms in total. The van der Waals surface area contributed by atoms with E-state index in [2.05, 4.69) is 40.1 Å². The summed E-state index contributed by atoms with van der Waals surface area (Å²) >= 11 is 0. The van der Waals surface area contributed by atoms with Gasteiger partial charge in [-0.05, 0) is 50.8 Å². The first kappa shape index (κ1) is 18.4. The summed E-state index contributed by atoms with van der Waals surface area (Å²) in [6, 6.07) is 10.8. The van der Waals surface area contributed by atoms with Crippen LogP contribution in [0.5, 0.6) is 0 Å². The van der Waals surface area contributed by atoms with E-state index in [1.165, 1.54) is 31.5 Å². The second-order valence-electron chi connectivity index (χ2n) is 8.32. The molecule has 3 aliphatic heterocycles. The molecule has 26 heavy (non-hydrogen) atoms. The van der Waals surface area contributed by atoms with E-state index in [4.69, 9.17) is 9.47 Å². The van der Waals surface area contributed by atoms with E-state index >= 15 is 0 Å². The maximum absolute atomic E-state index is 6.26. The Morgan fingerprint density at radius 3 is 2.46 bits per heavy atom. The number of piperidine rings is 1. The average molecular weight is 359 g/mol. The van der Waals surface area contributed by atoms with Crippen LogP contribution in [0.4, 0.5) is 0 Å². The lowest BCUT2D eigenvalue weighted by Crippen LogP contribution is -2.44. The SMILES string of the molecule is c1ccc(CCN2CCC3(CC2)C[C@H](OCCN2CCCC2)CO3)cc1. The van der Waals surface area contributed by atoms with Crippen LogP contribution in [-0.2, 0) is 15.9 Å². The lowest BCUT2D eigenvalue weighted by molar-refractivity contribution is -0.0451. The molecule has 0 saturated carbocycles. The quantitative estimate of drug-likeness (QED) is 0.748. The second-order valence-corrected chi connectivity index (χ2v) is 8.32. The fraction of sp³-hybridized carbons (Fsp3) is 0.727. The van der Waals surface area contributed by atoms with Crippen LogP contribution in [0.3, 0.4) is 0 Å². The van der Waals surface area contributed by atoms with Gasteiger partial charge in [-0.3, -0.25) is 0 Å². The van der Waals surface area contributed by atoms with E-state index in [1.54, 1.807) is 0 Å². The standard InChI is InChI=1S/C22H34N2O2/c1-2-6-20(7-3-1)8-13-24-14-9-22(10-15-24)18-21(19-26-22)25-17-16-23-11-4-5-12-23/h1-3,6-7,21H,4-5,8-19H2/t21-/m0/s1. The molecule has 144 valence electrons. The lowest BCUT2D eigenvalue weighted by atomic mass is 9.88. The van der Waals surface area contributed by atoms with Crippen molar-refractivity contribution < 1.29 is 9.47 Å². The van der Waals surface area contributed by atoms with Gasteiger partial charge in [0, 0.05) is 32.6 Å². The van der Waals surface area contributed by atoms with Crippen molar-refractivity contribution in [1.29, 1.82) is 0 Å². The second kappa shape index (κ2) is 8.83. The van der Waals surface area contributed by atoms with Gasteiger partial charge >= 0.3 is 0 Å². The van der Waals surface area contributed by atoms with Gasteiger partial charge in [0.25, 0.3) is 0 Å². The molecule has 3 saturated heterocycles. The highest BCUT2D eigenvalue weighted by Gasteiger charge is 2.43. The molecule has 4 heteroatoms. The van der Waals surface area contributed by atoms with E-state index in [1.807, 2.05) is 0 Å². The van der Waals surface area contributed by atoms with Gasteiger partial charge in [0.15, 0.2) is 0 Å². The first-order valence-corrected chi connectivity index (χ1v) is 10.6. The molecule has 1 aromatic carbocycles. The monoisotopic (exact) mass is 358 g/mol. The lowest BCUT2D eigenvalue weighted by Gasteiger charge is -2.38. The fourth-order valence-electron chi connectivity index (χ4n) is 4.73. The van der Waals surface area contributed by atoms with Gasteiger partial charge < -0.3 is 19.3 Å². The van der Waals surface area contributed by atoms with Gasteiger partial charge in [-0.15, -0.1) is 0 Å². The number of benzene rings is 1. The van der Waals surface area contributed by atoms with Crippen molar-refractivity contribution >= 4 is 0 Å². The highest BCUT2D eigenvalue weighted by molar-refractivity contribution is 5.14. The topological polar surface area (TPSA) is 24.9 Å². The molecule has 1 atom stereocenters. The van der Waals surface area contributed by atoms with Gasteiger partial charge in [0.05, 0.1) is 24.9 Å². The summed E-state index contributed by atoms with van der Waals surface area (Å²) in [5, 5.41) is 0. The van der Waals surface area contributed by atoms with Gasteiger partial charge in [0.2, 0.25) is 0 Å². The van der Waals surface area contributed by atoms with Crippen LogP contribution in [0.2, 0.25) is 0 Å². The van der Waals surface area contributed by atoms with Crippen molar-refractivity contribution in [2.24, 2.45) is 0 Å². The van der Waals surface area contributed by atoms with Gasteiger partial charge in [0.1, 0.15) is 0 Å². The normalized spacial score (nSPS) is 26.7. The molecule has 4 rings (SSSR count). The Bertz CT molecular complexity index is 536. The van der Waals surface area contributed by atoms with E-state index in [0.717, 1.165) is 65.1 Å². The Hall–Kier alpha value is -0.940. The summed E-state index contributed by atoms with van der Waals surface area (Å²) < 4.78 is 12.4. The van der Waals surface area contributed by atoms with E-state index in [0.29, 0.717) is 6.10 Å². The summed E-state index contributed by atoms with van der Waals surface area (Å²) in [4.78, 5) is 5.12. The van der Waals surface area contributed by atoms with Crippen molar-refractivity contribution in [2.75, 3.05) is 52.5 Å². The third-order valence-electron chi connectivity index (χ3n) is 6.46. The minimum atomic E-state index is 0.0988. The molecule has 3 fully saturated rings. The molecule has 0 unspecified atom stereocenters. The molecule has 0 aliphatic carbocycles. The molecule has 0 radical (unpaired) electrons. The van der Waals surface area contributed by atoms with Gasteiger partial charge in [-0.2, -0.15) is 0 Å². The third-order valence-corrected chi connectivity index (χ3v) is 6.46. The third kappa shape index (κ3) is 4.86. The molecule has 1 spiro atoms. The largest absolute Gasteiger partial charge is 0.374 e. The van der Waals surface area contributed by atoms with Crippen molar-refractivity contribution in [2.45, 2.75) is 50.2 Å². The van der Waals surface area contributed by atoms with E-state index < -0.39 is 0 Å². The zero-order valence-corrected chi connectivity index (χ0v) is 16.1. The summed E-state index contributed by atoms with van der Waals surface area (Å²) in [7, 11) is 0. The molecule has 0 N–H and O–H groups in total. The molecule has 0 bridgehead atoms. The zero-order valence-electron chi connectivity index (χ0n) is 16.1. The fourth-order valence-corrected chi connectivity index (χ4v) is 4.73. The first-order chi connectivity index (χ1) is 12.8. The van der Waals surface area contributed by atoms with Gasteiger partial charge in [-0.1, -0.05) is 30.3 Å². The van der Waals surface area contributed by atoms with Crippen LogP contribution in [-0.4, -0.2) is 74.0 Å². The number of hydrogen-bond donors (Lipinski definition) is 0. The number of rotatable bonds is 7. The number of ether oxygens (including phenoxy) is 2. The molecular formula is C22H34N2O2. The minimum Gasteiger partial charge on any atom is -0.374 e. The maximum atomic E-state index is 6.26. The van der Waals surface area contributed by atoms with Crippen molar-refractivity contribution in [3.05, 3.63) is 35.9 Å².